The fourth-order valence-corrected chi connectivity index (χ4v) is 5.84. The molecule has 0 aliphatic heterocycles. The minimum atomic E-state index is -4.42. The van der Waals surface area contributed by atoms with E-state index >= 15 is 0 Å². The van der Waals surface area contributed by atoms with Crippen molar-refractivity contribution in [1.82, 2.24) is 5.32 Å². The number of allylic oxidation sites excluding steroid dienone is 12. The molecule has 2 atom stereocenters. The lowest BCUT2D eigenvalue weighted by molar-refractivity contribution is -0.147. The van der Waals surface area contributed by atoms with Gasteiger partial charge in [0.25, 0.3) is 0 Å². The van der Waals surface area contributed by atoms with Crippen molar-refractivity contribution < 1.29 is 37.9 Å². The second-order valence-corrected chi connectivity index (χ2v) is 14.7. The third-order valence-electron chi connectivity index (χ3n) is 8.15. The van der Waals surface area contributed by atoms with Crippen LogP contribution in [0.25, 0.3) is 0 Å². The lowest BCUT2D eigenvalue weighted by atomic mass is 10.1. The number of phosphoric ester groups is 1. The molecule has 0 spiro atoms. The van der Waals surface area contributed by atoms with Gasteiger partial charge in [0.05, 0.1) is 13.2 Å². The monoisotopic (exact) mass is 764 g/mol. The molecule has 1 amide bonds. The Labute approximate surface area is 322 Å². The van der Waals surface area contributed by atoms with Gasteiger partial charge in [0.2, 0.25) is 5.91 Å². The second kappa shape index (κ2) is 39.2. The topological polar surface area (TPSA) is 131 Å². The van der Waals surface area contributed by atoms with Crippen LogP contribution in [0.15, 0.2) is 72.9 Å². The van der Waals surface area contributed by atoms with Gasteiger partial charge in [-0.2, -0.15) is 0 Å². The van der Waals surface area contributed by atoms with Gasteiger partial charge in [-0.1, -0.05) is 151 Å². The molecule has 0 fully saturated rings. The van der Waals surface area contributed by atoms with Gasteiger partial charge in [0.1, 0.15) is 12.7 Å². The number of aliphatic hydroxyl groups excluding tert-OH is 1. The first-order valence-corrected chi connectivity index (χ1v) is 21.9. The van der Waals surface area contributed by atoms with Crippen molar-refractivity contribution in [2.75, 3.05) is 26.4 Å². The SMILES string of the molecule is CC/C=C\C/C=C\C/C=C\C/C=C\C/C=C\C/C=C\CCCCCCC(=O)OCC(O)COP(=O)(O)OCCNC(=O)CCCCCCCCCCC. The maximum absolute atomic E-state index is 12.0. The Morgan fingerprint density at radius 3 is 1.62 bits per heavy atom. The van der Waals surface area contributed by atoms with Crippen LogP contribution in [-0.4, -0.2) is 54.3 Å². The molecule has 0 bridgehead atoms. The fourth-order valence-electron chi connectivity index (χ4n) is 5.09. The Morgan fingerprint density at radius 2 is 1.08 bits per heavy atom. The number of nitrogens with one attached hydrogen (secondary N) is 1. The summed E-state index contributed by atoms with van der Waals surface area (Å²) in [6.07, 6.45) is 46.9. The van der Waals surface area contributed by atoms with Crippen LogP contribution >= 0.6 is 7.82 Å². The number of amides is 1. The van der Waals surface area contributed by atoms with Gasteiger partial charge in [-0.15, -0.1) is 0 Å². The Hall–Kier alpha value is -2.55. The Kier molecular flexibility index (Phi) is 37.3. The summed E-state index contributed by atoms with van der Waals surface area (Å²) in [5.74, 6) is -0.550. The van der Waals surface area contributed by atoms with Crippen LogP contribution in [0.3, 0.4) is 0 Å². The maximum Gasteiger partial charge on any atom is 0.472 e. The van der Waals surface area contributed by atoms with Crippen LogP contribution in [0.4, 0.5) is 0 Å². The third-order valence-corrected chi connectivity index (χ3v) is 9.14. The number of hydrogen-bond donors (Lipinski definition) is 3. The molecule has 0 saturated heterocycles. The molecule has 0 aromatic rings. The summed E-state index contributed by atoms with van der Waals surface area (Å²) < 4.78 is 26.7. The van der Waals surface area contributed by atoms with Crippen molar-refractivity contribution in [3.8, 4) is 0 Å². The number of aliphatic hydroxyl groups is 1. The number of esters is 1. The molecule has 0 aliphatic rings. The minimum absolute atomic E-state index is 0.0762. The summed E-state index contributed by atoms with van der Waals surface area (Å²) >= 11 is 0. The smallest absolute Gasteiger partial charge is 0.463 e. The van der Waals surface area contributed by atoms with Crippen molar-refractivity contribution in [1.29, 1.82) is 0 Å². The predicted molar refractivity (Wildman–Crippen MR) is 219 cm³/mol. The van der Waals surface area contributed by atoms with Gasteiger partial charge in [0.15, 0.2) is 0 Å². The number of carbonyl (C=O) groups is 2. The number of unbranched alkanes of at least 4 members (excludes halogenated alkanes) is 12. The highest BCUT2D eigenvalue weighted by Crippen LogP contribution is 2.42. The van der Waals surface area contributed by atoms with E-state index in [1.54, 1.807) is 0 Å². The average Bonchev–Trinajstić information content (AvgIpc) is 3.14. The van der Waals surface area contributed by atoms with E-state index in [1.807, 2.05) is 0 Å². The highest BCUT2D eigenvalue weighted by molar-refractivity contribution is 7.47. The first-order chi connectivity index (χ1) is 25.8. The molecule has 0 aromatic heterocycles. The Balaban J connectivity index is 3.69. The van der Waals surface area contributed by atoms with Crippen LogP contribution in [0, 0.1) is 0 Å². The first-order valence-electron chi connectivity index (χ1n) is 20.4. The summed E-state index contributed by atoms with van der Waals surface area (Å²) in [5, 5.41) is 12.6. The van der Waals surface area contributed by atoms with Crippen LogP contribution in [0.5, 0.6) is 0 Å². The molecule has 0 aromatic carbocycles. The van der Waals surface area contributed by atoms with Crippen LogP contribution in [-0.2, 0) is 27.9 Å². The number of carbonyl (C=O) groups excluding carboxylic acids is 2. The molecular weight excluding hydrogens is 689 g/mol. The molecule has 2 unspecified atom stereocenters. The molecule has 3 N–H and O–H groups in total. The summed E-state index contributed by atoms with van der Waals surface area (Å²) in [7, 11) is -4.42. The minimum Gasteiger partial charge on any atom is -0.463 e. The van der Waals surface area contributed by atoms with Gasteiger partial charge in [0, 0.05) is 19.4 Å². The zero-order chi connectivity index (χ0) is 38.9. The molecule has 0 radical (unpaired) electrons. The summed E-state index contributed by atoms with van der Waals surface area (Å²) in [4.78, 5) is 33.7. The molecule has 304 valence electrons. The van der Waals surface area contributed by atoms with Crippen LogP contribution in [0.1, 0.15) is 155 Å². The second-order valence-electron chi connectivity index (χ2n) is 13.2. The maximum atomic E-state index is 12.0. The van der Waals surface area contributed by atoms with Crippen LogP contribution in [0.2, 0.25) is 0 Å². The number of rotatable bonds is 37. The van der Waals surface area contributed by atoms with Crippen molar-refractivity contribution in [2.24, 2.45) is 0 Å². The van der Waals surface area contributed by atoms with E-state index in [4.69, 9.17) is 13.8 Å². The molecule has 10 heteroatoms. The highest BCUT2D eigenvalue weighted by Gasteiger charge is 2.23. The molecule has 0 rings (SSSR count). The highest BCUT2D eigenvalue weighted by atomic mass is 31.2. The molecule has 0 heterocycles. The van der Waals surface area contributed by atoms with E-state index in [-0.39, 0.29) is 32.1 Å². The molecule has 9 nitrogen and oxygen atoms in total. The quantitative estimate of drug-likeness (QED) is 0.0247. The lowest BCUT2D eigenvalue weighted by Gasteiger charge is -2.15. The summed E-state index contributed by atoms with van der Waals surface area (Å²) in [6, 6.07) is 0. The zero-order valence-corrected chi connectivity index (χ0v) is 34.1. The Morgan fingerprint density at radius 1 is 0.604 bits per heavy atom. The predicted octanol–water partition coefficient (Wildman–Crippen LogP) is 11.1. The normalized spacial score (nSPS) is 14.1. The summed E-state index contributed by atoms with van der Waals surface area (Å²) in [6.45, 7) is 3.36. The van der Waals surface area contributed by atoms with Crippen molar-refractivity contribution in [2.45, 2.75) is 161 Å². The average molecular weight is 764 g/mol. The standard InChI is InChI=1S/C43H74NO8P/c1-3-5-7-9-11-13-14-15-16-17-18-19-20-21-22-23-24-25-26-28-30-32-34-36-43(47)50-39-41(45)40-52-53(48,49)51-38-37-44-42(46)35-33-31-29-27-12-10-8-6-4-2/h5,7,11,13,15-16,18-19,21-22,24-25,41,45H,3-4,6,8-10,12,14,17,20,23,26-40H2,1-2H3,(H,44,46)(H,48,49)/b7-5-,13-11-,16-15-,19-18-,22-21-,25-24-. The van der Waals surface area contributed by atoms with Gasteiger partial charge >= 0.3 is 13.8 Å². The van der Waals surface area contributed by atoms with E-state index in [0.717, 1.165) is 83.5 Å². The first kappa shape index (κ1) is 50.5. The van der Waals surface area contributed by atoms with Gasteiger partial charge in [-0.3, -0.25) is 18.6 Å². The molecule has 0 saturated carbocycles. The number of phosphoric acid groups is 1. The van der Waals surface area contributed by atoms with Gasteiger partial charge in [-0.25, -0.2) is 4.57 Å². The Bertz CT molecular complexity index is 1100. The van der Waals surface area contributed by atoms with Crippen molar-refractivity contribution in [3.63, 3.8) is 0 Å². The van der Waals surface area contributed by atoms with Crippen LogP contribution < -0.4 is 5.32 Å². The molecule has 0 aliphatic carbocycles. The lowest BCUT2D eigenvalue weighted by Crippen LogP contribution is -2.27. The number of ether oxygens (including phenoxy) is 1. The molecule has 53 heavy (non-hydrogen) atoms. The van der Waals surface area contributed by atoms with Crippen molar-refractivity contribution >= 4 is 19.7 Å². The van der Waals surface area contributed by atoms with E-state index in [9.17, 15) is 24.2 Å². The van der Waals surface area contributed by atoms with E-state index in [1.165, 1.54) is 38.5 Å². The zero-order valence-electron chi connectivity index (χ0n) is 33.2. The molecular formula is C43H74NO8P. The summed E-state index contributed by atoms with van der Waals surface area (Å²) in [5.41, 5.74) is 0. The van der Waals surface area contributed by atoms with Gasteiger partial charge in [-0.05, 0) is 64.2 Å². The number of hydrogen-bond acceptors (Lipinski definition) is 7. The van der Waals surface area contributed by atoms with Crippen molar-refractivity contribution in [3.05, 3.63) is 72.9 Å². The van der Waals surface area contributed by atoms with E-state index in [2.05, 4.69) is 92.1 Å². The fraction of sp³-hybridized carbons (Fsp3) is 0.674. The van der Waals surface area contributed by atoms with Gasteiger partial charge < -0.3 is 20.1 Å². The largest absolute Gasteiger partial charge is 0.472 e. The van der Waals surface area contributed by atoms with E-state index in [0.29, 0.717) is 12.8 Å². The third kappa shape index (κ3) is 40.5. The van der Waals surface area contributed by atoms with E-state index < -0.39 is 26.5 Å².